The number of aliphatic hydroxyl groups excluding tert-OH is 1. The molecule has 0 aliphatic carbocycles. The van der Waals surface area contributed by atoms with Gasteiger partial charge in [0, 0.05) is 42.9 Å². The highest BCUT2D eigenvalue weighted by Crippen LogP contribution is 2.68. The smallest absolute Gasteiger partial charge is 0.251 e. The van der Waals surface area contributed by atoms with Gasteiger partial charge in [0.2, 0.25) is 11.8 Å². The standard InChI is InChI=1S/C29H37BrClN3O4S/c1-4-13-32(14-5-2)26(36)22-23-27(37)34(16-9-10-17-35)25(29(23)18-19(30)24(22)39-29)28(38)33(15-6-3)21-12-8-7-11-20(21)31/h4,6-8,11-12,19,22-25,35H,1,3,5,9-10,13-18H2,2H3/t19?,22-,23-,24-,25?,29?/m0/s1. The largest absolute Gasteiger partial charge is 0.396 e. The maximum absolute atomic E-state index is 14.6. The zero-order valence-corrected chi connectivity index (χ0v) is 25.5. The maximum Gasteiger partial charge on any atom is 0.251 e. The number of rotatable bonds is 13. The van der Waals surface area contributed by atoms with Crippen LogP contribution in [-0.2, 0) is 14.4 Å². The summed E-state index contributed by atoms with van der Waals surface area (Å²) in [6.07, 6.45) is 5.86. The lowest BCUT2D eigenvalue weighted by atomic mass is 9.70. The number of hydrogen-bond acceptors (Lipinski definition) is 5. The van der Waals surface area contributed by atoms with Gasteiger partial charge in [-0.05, 0) is 37.8 Å². The molecule has 3 aliphatic heterocycles. The zero-order valence-electron chi connectivity index (χ0n) is 22.3. The molecule has 3 fully saturated rings. The molecule has 3 aliphatic rings. The number of para-hydroxylation sites is 1. The minimum Gasteiger partial charge on any atom is -0.396 e. The first kappa shape index (κ1) is 30.2. The Bertz CT molecular complexity index is 1120. The number of benzene rings is 1. The zero-order chi connectivity index (χ0) is 28.3. The molecule has 0 saturated carbocycles. The van der Waals surface area contributed by atoms with Crippen LogP contribution in [0.1, 0.15) is 32.6 Å². The van der Waals surface area contributed by atoms with E-state index in [0.717, 1.165) is 6.42 Å². The molecule has 6 atom stereocenters. The first-order chi connectivity index (χ1) is 18.8. The average Bonchev–Trinajstić information content (AvgIpc) is 3.50. The van der Waals surface area contributed by atoms with Crippen molar-refractivity contribution in [3.63, 3.8) is 0 Å². The molecule has 7 nitrogen and oxygen atoms in total. The Hall–Kier alpha value is -1.81. The molecule has 39 heavy (non-hydrogen) atoms. The lowest BCUT2D eigenvalue weighted by molar-refractivity contribution is -0.143. The second kappa shape index (κ2) is 12.8. The summed E-state index contributed by atoms with van der Waals surface area (Å²) in [5.74, 6) is -1.54. The van der Waals surface area contributed by atoms with Gasteiger partial charge in [0.05, 0.1) is 27.3 Å². The molecule has 1 spiro atoms. The predicted molar refractivity (Wildman–Crippen MR) is 161 cm³/mol. The molecule has 3 saturated heterocycles. The Labute approximate surface area is 248 Å². The molecular formula is C29H37BrClN3O4S. The monoisotopic (exact) mass is 637 g/mol. The van der Waals surface area contributed by atoms with E-state index in [1.54, 1.807) is 50.7 Å². The summed E-state index contributed by atoms with van der Waals surface area (Å²) in [6.45, 7) is 11.3. The summed E-state index contributed by atoms with van der Waals surface area (Å²) in [4.78, 5) is 47.9. The van der Waals surface area contributed by atoms with Crippen molar-refractivity contribution < 1.29 is 19.5 Å². The van der Waals surface area contributed by atoms with Crippen LogP contribution in [-0.4, -0.2) is 86.3 Å². The van der Waals surface area contributed by atoms with Crippen LogP contribution in [0.15, 0.2) is 49.6 Å². The number of unbranched alkanes of at least 4 members (excludes halogenated alkanes) is 1. The van der Waals surface area contributed by atoms with Crippen LogP contribution in [0.4, 0.5) is 5.69 Å². The Morgan fingerprint density at radius 1 is 1.23 bits per heavy atom. The second-order valence-corrected chi connectivity index (χ2v) is 13.5. The number of aliphatic hydroxyl groups is 1. The minimum absolute atomic E-state index is 0.00596. The maximum atomic E-state index is 14.6. The van der Waals surface area contributed by atoms with Crippen molar-refractivity contribution >= 4 is 62.7 Å². The molecule has 1 N–H and O–H groups in total. The number of hydrogen-bond donors (Lipinski definition) is 1. The van der Waals surface area contributed by atoms with Crippen molar-refractivity contribution in [1.29, 1.82) is 0 Å². The van der Waals surface area contributed by atoms with E-state index < -0.39 is 22.6 Å². The van der Waals surface area contributed by atoms with Crippen LogP contribution in [0.5, 0.6) is 0 Å². The molecule has 3 amide bonds. The van der Waals surface area contributed by atoms with Gasteiger partial charge in [-0.15, -0.1) is 24.9 Å². The fourth-order valence-corrected chi connectivity index (χ4v) is 10.3. The molecular weight excluding hydrogens is 602 g/mol. The number of amides is 3. The van der Waals surface area contributed by atoms with Crippen molar-refractivity contribution in [3.8, 4) is 0 Å². The van der Waals surface area contributed by atoms with E-state index in [-0.39, 0.29) is 41.0 Å². The number of fused-ring (bicyclic) bond motifs is 1. The van der Waals surface area contributed by atoms with Crippen molar-refractivity contribution in [2.75, 3.05) is 37.7 Å². The van der Waals surface area contributed by atoms with Crippen LogP contribution in [0.25, 0.3) is 0 Å². The molecule has 3 heterocycles. The molecule has 10 heteroatoms. The molecule has 1 aromatic rings. The van der Waals surface area contributed by atoms with E-state index in [1.807, 2.05) is 19.1 Å². The summed E-state index contributed by atoms with van der Waals surface area (Å²) in [5, 5.41) is 9.75. The topological polar surface area (TPSA) is 81.2 Å². The van der Waals surface area contributed by atoms with Gasteiger partial charge in [0.25, 0.3) is 5.91 Å². The van der Waals surface area contributed by atoms with E-state index in [0.29, 0.717) is 49.6 Å². The Morgan fingerprint density at radius 3 is 2.59 bits per heavy atom. The van der Waals surface area contributed by atoms with Crippen molar-refractivity contribution in [2.24, 2.45) is 11.8 Å². The van der Waals surface area contributed by atoms with Crippen LogP contribution >= 0.6 is 39.3 Å². The predicted octanol–water partition coefficient (Wildman–Crippen LogP) is 4.52. The van der Waals surface area contributed by atoms with Gasteiger partial charge >= 0.3 is 0 Å². The number of anilines is 1. The van der Waals surface area contributed by atoms with E-state index >= 15 is 0 Å². The summed E-state index contributed by atoms with van der Waals surface area (Å²) < 4.78 is -0.751. The van der Waals surface area contributed by atoms with Crippen molar-refractivity contribution in [2.45, 2.75) is 53.5 Å². The highest BCUT2D eigenvalue weighted by molar-refractivity contribution is 9.09. The third kappa shape index (κ3) is 5.32. The Kier molecular flexibility index (Phi) is 9.89. The first-order valence-corrected chi connectivity index (χ1v) is 15.7. The number of halogens is 2. The van der Waals surface area contributed by atoms with Crippen molar-refractivity contribution in [3.05, 3.63) is 54.6 Å². The highest BCUT2D eigenvalue weighted by Gasteiger charge is 2.76. The number of likely N-dealkylation sites (tertiary alicyclic amines) is 1. The number of nitrogens with zero attached hydrogens (tertiary/aromatic N) is 3. The Balaban J connectivity index is 1.79. The summed E-state index contributed by atoms with van der Waals surface area (Å²) >= 11 is 12.0. The van der Waals surface area contributed by atoms with Crippen LogP contribution in [0.3, 0.4) is 0 Å². The van der Waals surface area contributed by atoms with Gasteiger partial charge in [0.15, 0.2) is 0 Å². The number of thioether (sulfide) groups is 1. The van der Waals surface area contributed by atoms with Gasteiger partial charge in [-0.25, -0.2) is 0 Å². The van der Waals surface area contributed by atoms with E-state index in [4.69, 9.17) is 11.6 Å². The lowest BCUT2D eigenvalue weighted by Crippen LogP contribution is -2.56. The summed E-state index contributed by atoms with van der Waals surface area (Å²) in [6, 6.07) is 6.40. The first-order valence-electron chi connectivity index (χ1n) is 13.6. The number of alkyl halides is 1. The average molecular weight is 639 g/mol. The third-order valence-electron chi connectivity index (χ3n) is 7.99. The third-order valence-corrected chi connectivity index (χ3v) is 11.5. The fourth-order valence-electron chi connectivity index (χ4n) is 6.51. The van der Waals surface area contributed by atoms with Gasteiger partial charge in [-0.1, -0.05) is 58.7 Å². The lowest BCUT2D eigenvalue weighted by Gasteiger charge is -2.38. The molecule has 3 unspecified atom stereocenters. The van der Waals surface area contributed by atoms with Gasteiger partial charge in [0.1, 0.15) is 6.04 Å². The van der Waals surface area contributed by atoms with E-state index in [9.17, 15) is 19.5 Å². The highest BCUT2D eigenvalue weighted by atomic mass is 79.9. The molecule has 4 rings (SSSR count). The molecule has 212 valence electrons. The van der Waals surface area contributed by atoms with E-state index in [1.165, 1.54) is 0 Å². The summed E-state index contributed by atoms with van der Waals surface area (Å²) in [7, 11) is 0. The van der Waals surface area contributed by atoms with Gasteiger partial charge < -0.3 is 19.8 Å². The van der Waals surface area contributed by atoms with E-state index in [2.05, 4.69) is 29.1 Å². The SMILES string of the molecule is C=CCN(CCC)C(=O)[C@H]1[C@H]2C(=O)N(CCCCO)C(C(=O)N(CC=C)c3ccccc3Cl)C23CC(Br)[C@@H]1S3. The normalized spacial score (nSPS) is 28.9. The fraction of sp³-hybridized carbons (Fsp3) is 0.552. The second-order valence-electron chi connectivity index (χ2n) is 10.4. The summed E-state index contributed by atoms with van der Waals surface area (Å²) in [5.41, 5.74) is 0.562. The van der Waals surface area contributed by atoms with Crippen LogP contribution in [0.2, 0.25) is 5.02 Å². The molecule has 2 bridgehead atoms. The van der Waals surface area contributed by atoms with Crippen LogP contribution < -0.4 is 4.90 Å². The number of carbonyl (C=O) groups excluding carboxylic acids is 3. The van der Waals surface area contributed by atoms with Gasteiger partial charge in [-0.3, -0.25) is 14.4 Å². The molecule has 0 radical (unpaired) electrons. The number of carbonyl (C=O) groups is 3. The van der Waals surface area contributed by atoms with Crippen LogP contribution in [0, 0.1) is 11.8 Å². The van der Waals surface area contributed by atoms with Gasteiger partial charge in [-0.2, -0.15) is 0 Å². The van der Waals surface area contributed by atoms with Crippen molar-refractivity contribution in [1.82, 2.24) is 9.80 Å². The quantitative estimate of drug-likeness (QED) is 0.195. The Morgan fingerprint density at radius 2 is 1.95 bits per heavy atom. The molecule has 0 aromatic heterocycles. The minimum atomic E-state index is -0.767. The molecule has 1 aromatic carbocycles.